The van der Waals surface area contributed by atoms with Gasteiger partial charge in [0, 0.05) is 30.8 Å². The molecule has 0 spiro atoms. The summed E-state index contributed by atoms with van der Waals surface area (Å²) in [6.45, 7) is 4.46. The van der Waals surface area contributed by atoms with E-state index >= 15 is 0 Å². The lowest BCUT2D eigenvalue weighted by atomic mass is 9.84. The molecule has 1 atom stereocenters. The van der Waals surface area contributed by atoms with Gasteiger partial charge in [-0.15, -0.1) is 0 Å². The van der Waals surface area contributed by atoms with Crippen LogP contribution in [-0.4, -0.2) is 47.6 Å². The van der Waals surface area contributed by atoms with Crippen molar-refractivity contribution in [1.82, 2.24) is 10.2 Å². The van der Waals surface area contributed by atoms with Gasteiger partial charge in [-0.1, -0.05) is 6.07 Å². The fourth-order valence-corrected chi connectivity index (χ4v) is 3.06. The first kappa shape index (κ1) is 16.3. The predicted molar refractivity (Wildman–Crippen MR) is 84.6 cm³/mol. The highest BCUT2D eigenvalue weighted by atomic mass is 16.4. The molecule has 4 N–H and O–H groups in total. The molecule has 2 bridgehead atoms. The summed E-state index contributed by atoms with van der Waals surface area (Å²) in [5.74, 6) is -0.180. The van der Waals surface area contributed by atoms with Gasteiger partial charge in [0.25, 0.3) is 11.9 Å². The van der Waals surface area contributed by atoms with Gasteiger partial charge in [0.05, 0.1) is 0 Å². The lowest BCUT2D eigenvalue weighted by molar-refractivity contribution is -0.134. The first-order chi connectivity index (χ1) is 10.5. The Kier molecular flexibility index (Phi) is 5.38. The van der Waals surface area contributed by atoms with E-state index in [9.17, 15) is 4.79 Å². The Morgan fingerprint density at radius 1 is 1.32 bits per heavy atom. The topological polar surface area (TPSA) is 95.7 Å². The zero-order chi connectivity index (χ0) is 16.1. The van der Waals surface area contributed by atoms with E-state index in [0.29, 0.717) is 23.2 Å². The van der Waals surface area contributed by atoms with Crippen molar-refractivity contribution in [2.75, 3.05) is 25.4 Å². The normalized spacial score (nSPS) is 25.8. The number of fused-ring (bicyclic) bond motifs is 3. The monoisotopic (exact) mass is 305 g/mol. The maximum atomic E-state index is 12.2. The van der Waals surface area contributed by atoms with E-state index in [1.807, 2.05) is 12.1 Å². The fourth-order valence-electron chi connectivity index (χ4n) is 3.06. The maximum absolute atomic E-state index is 12.2. The first-order valence-electron chi connectivity index (χ1n) is 7.54. The summed E-state index contributed by atoms with van der Waals surface area (Å²) in [4.78, 5) is 23.6. The molecule has 0 radical (unpaired) electrons. The number of nitrogen functional groups attached to an aromatic ring is 1. The number of hydrogen-bond acceptors (Lipinski definition) is 4. The molecule has 1 amide bonds. The largest absolute Gasteiger partial charge is 0.481 e. The Balaban J connectivity index is 0.000000396. The molecular formula is C16H23N3O3. The molecule has 4 rings (SSSR count). The van der Waals surface area contributed by atoms with Crippen LogP contribution in [0.15, 0.2) is 24.3 Å². The number of hydrogen-bond donors (Lipinski definition) is 3. The van der Waals surface area contributed by atoms with Crippen LogP contribution in [0.4, 0.5) is 5.69 Å². The van der Waals surface area contributed by atoms with Gasteiger partial charge in [-0.2, -0.15) is 0 Å². The van der Waals surface area contributed by atoms with Crippen LogP contribution in [0.2, 0.25) is 0 Å². The second kappa shape index (κ2) is 7.26. The first-order valence-corrected chi connectivity index (χ1v) is 7.54. The summed E-state index contributed by atoms with van der Waals surface area (Å²) in [5.41, 5.74) is 7.00. The molecule has 120 valence electrons. The maximum Gasteiger partial charge on any atom is 0.300 e. The second-order valence-electron chi connectivity index (χ2n) is 5.86. The van der Waals surface area contributed by atoms with Crippen LogP contribution in [0.3, 0.4) is 0 Å². The molecule has 1 aromatic carbocycles. The zero-order valence-electron chi connectivity index (χ0n) is 12.8. The van der Waals surface area contributed by atoms with Crippen LogP contribution in [0.5, 0.6) is 0 Å². The molecule has 3 aliphatic heterocycles. The highest BCUT2D eigenvalue weighted by molar-refractivity contribution is 5.95. The Labute approximate surface area is 130 Å². The SMILES string of the molecule is CC(=O)O.Nc1cccc(C(=O)NC2CN3CCC2CC3)c1. The average Bonchev–Trinajstić information content (AvgIpc) is 2.48. The third kappa shape index (κ3) is 4.46. The molecule has 1 unspecified atom stereocenters. The number of piperidine rings is 3. The van der Waals surface area contributed by atoms with E-state index in [4.69, 9.17) is 15.6 Å². The fraction of sp³-hybridized carbons (Fsp3) is 0.500. The summed E-state index contributed by atoms with van der Waals surface area (Å²) < 4.78 is 0. The van der Waals surface area contributed by atoms with Gasteiger partial charge in [-0.05, 0) is 50.0 Å². The molecule has 0 saturated carbocycles. The van der Waals surface area contributed by atoms with Crippen molar-refractivity contribution in [3.63, 3.8) is 0 Å². The smallest absolute Gasteiger partial charge is 0.300 e. The number of benzene rings is 1. The predicted octanol–water partition coefficient (Wildman–Crippen LogP) is 1.18. The number of carbonyl (C=O) groups is 2. The standard InChI is InChI=1S/C14H19N3O.C2H4O2/c15-12-3-1-2-11(8-12)14(18)16-13-9-17-6-4-10(13)5-7-17;1-2(3)4/h1-3,8,10,13H,4-7,9,15H2,(H,16,18);1H3,(H,3,4). The Morgan fingerprint density at radius 3 is 2.45 bits per heavy atom. The molecule has 6 nitrogen and oxygen atoms in total. The second-order valence-corrected chi connectivity index (χ2v) is 5.86. The van der Waals surface area contributed by atoms with E-state index in [2.05, 4.69) is 10.2 Å². The summed E-state index contributed by atoms with van der Waals surface area (Å²) in [5, 5.41) is 10.6. The molecule has 3 saturated heterocycles. The lowest BCUT2D eigenvalue weighted by Crippen LogP contribution is -2.57. The van der Waals surface area contributed by atoms with Gasteiger partial charge in [0.1, 0.15) is 0 Å². The van der Waals surface area contributed by atoms with Crippen LogP contribution >= 0.6 is 0 Å². The number of nitrogens with zero attached hydrogens (tertiary/aromatic N) is 1. The van der Waals surface area contributed by atoms with Crippen molar-refractivity contribution < 1.29 is 14.7 Å². The van der Waals surface area contributed by atoms with Crippen LogP contribution < -0.4 is 11.1 Å². The van der Waals surface area contributed by atoms with Gasteiger partial charge >= 0.3 is 0 Å². The minimum atomic E-state index is -0.833. The van der Waals surface area contributed by atoms with E-state index in [1.54, 1.807) is 12.1 Å². The summed E-state index contributed by atoms with van der Waals surface area (Å²) in [6, 6.07) is 7.47. The highest BCUT2D eigenvalue weighted by Gasteiger charge is 2.34. The molecule has 22 heavy (non-hydrogen) atoms. The summed E-state index contributed by atoms with van der Waals surface area (Å²) in [7, 11) is 0. The van der Waals surface area contributed by atoms with Crippen molar-refractivity contribution in [3.05, 3.63) is 29.8 Å². The number of anilines is 1. The van der Waals surface area contributed by atoms with Crippen LogP contribution in [0.25, 0.3) is 0 Å². The number of carboxylic acid groups (broad SMARTS) is 1. The van der Waals surface area contributed by atoms with Gasteiger partial charge in [-0.25, -0.2) is 0 Å². The number of nitrogens with two attached hydrogens (primary N) is 1. The van der Waals surface area contributed by atoms with Crippen LogP contribution in [0, 0.1) is 5.92 Å². The molecule has 3 fully saturated rings. The van der Waals surface area contributed by atoms with E-state index in [0.717, 1.165) is 13.5 Å². The van der Waals surface area contributed by atoms with Gasteiger partial charge in [-0.3, -0.25) is 9.59 Å². The minimum absolute atomic E-state index is 0.000972. The zero-order valence-corrected chi connectivity index (χ0v) is 12.8. The number of carbonyl (C=O) groups excluding carboxylic acids is 1. The van der Waals surface area contributed by atoms with Crippen molar-refractivity contribution in [3.8, 4) is 0 Å². The number of amides is 1. The average molecular weight is 305 g/mol. The van der Waals surface area contributed by atoms with E-state index < -0.39 is 5.97 Å². The molecule has 1 aromatic rings. The quantitative estimate of drug-likeness (QED) is 0.713. The molecule has 6 heteroatoms. The van der Waals surface area contributed by atoms with Gasteiger partial charge in [0.2, 0.25) is 0 Å². The van der Waals surface area contributed by atoms with Crippen molar-refractivity contribution in [1.29, 1.82) is 0 Å². The number of carboxylic acids is 1. The summed E-state index contributed by atoms with van der Waals surface area (Å²) in [6.07, 6.45) is 2.42. The molecule has 0 aliphatic carbocycles. The summed E-state index contributed by atoms with van der Waals surface area (Å²) >= 11 is 0. The van der Waals surface area contributed by atoms with E-state index in [1.165, 1.54) is 25.9 Å². The molecule has 0 aromatic heterocycles. The van der Waals surface area contributed by atoms with Crippen LogP contribution in [0.1, 0.15) is 30.1 Å². The van der Waals surface area contributed by atoms with Gasteiger partial charge < -0.3 is 21.1 Å². The molecule has 3 aliphatic rings. The molecule has 3 heterocycles. The lowest BCUT2D eigenvalue weighted by Gasteiger charge is -2.44. The van der Waals surface area contributed by atoms with Gasteiger partial charge in [0.15, 0.2) is 0 Å². The van der Waals surface area contributed by atoms with Crippen molar-refractivity contribution in [2.45, 2.75) is 25.8 Å². The van der Waals surface area contributed by atoms with Crippen molar-refractivity contribution in [2.24, 2.45) is 5.92 Å². The minimum Gasteiger partial charge on any atom is -0.481 e. The van der Waals surface area contributed by atoms with Crippen molar-refractivity contribution >= 4 is 17.6 Å². The number of aliphatic carboxylic acids is 1. The Hall–Kier alpha value is -2.08. The number of nitrogens with one attached hydrogen (secondary N) is 1. The van der Waals surface area contributed by atoms with Crippen LogP contribution in [-0.2, 0) is 4.79 Å². The highest BCUT2D eigenvalue weighted by Crippen LogP contribution is 2.27. The Morgan fingerprint density at radius 2 is 1.95 bits per heavy atom. The molecular weight excluding hydrogens is 282 g/mol. The number of rotatable bonds is 2. The third-order valence-electron chi connectivity index (χ3n) is 4.12. The Bertz CT molecular complexity index is 535. The van der Waals surface area contributed by atoms with E-state index in [-0.39, 0.29) is 5.91 Å². The third-order valence-corrected chi connectivity index (χ3v) is 4.12.